The van der Waals surface area contributed by atoms with E-state index >= 15 is 0 Å². The first kappa shape index (κ1) is 17.3. The first-order valence-electron chi connectivity index (χ1n) is 8.20. The second kappa shape index (κ2) is 7.15. The minimum atomic E-state index is -0.114. The third kappa shape index (κ3) is 3.20. The Morgan fingerprint density at radius 3 is 2.40 bits per heavy atom. The van der Waals surface area contributed by atoms with Gasteiger partial charge in [0.2, 0.25) is 5.95 Å². The molecule has 6 heteroatoms. The first-order valence-corrected chi connectivity index (χ1v) is 8.58. The second-order valence-electron chi connectivity index (χ2n) is 5.58. The summed E-state index contributed by atoms with van der Waals surface area (Å²) in [5, 5.41) is 1.17. The number of halogens is 1. The lowest BCUT2D eigenvalue weighted by Crippen LogP contribution is -2.32. The number of nitrogens with zero attached hydrogens (tertiary/aromatic N) is 3. The summed E-state index contributed by atoms with van der Waals surface area (Å²) in [6, 6.07) is 12.5. The predicted octanol–water partition coefficient (Wildman–Crippen LogP) is 3.89. The molecule has 0 radical (unpaired) electrons. The first-order chi connectivity index (χ1) is 12.1. The van der Waals surface area contributed by atoms with Crippen molar-refractivity contribution >= 4 is 28.5 Å². The van der Waals surface area contributed by atoms with Crippen LogP contribution in [0.4, 0.5) is 5.95 Å². The summed E-state index contributed by atoms with van der Waals surface area (Å²) < 4.78 is 6.90. The highest BCUT2D eigenvalue weighted by atomic mass is 35.5. The van der Waals surface area contributed by atoms with E-state index < -0.39 is 0 Å². The summed E-state index contributed by atoms with van der Waals surface area (Å²) in [6.07, 6.45) is 0. The highest BCUT2D eigenvalue weighted by molar-refractivity contribution is 6.30. The third-order valence-corrected chi connectivity index (χ3v) is 4.44. The van der Waals surface area contributed by atoms with Gasteiger partial charge in [-0.15, -0.1) is 0 Å². The number of hydrogen-bond donors (Lipinski definition) is 0. The molecule has 3 aromatic rings. The highest BCUT2D eigenvalue weighted by Crippen LogP contribution is 2.23. The molecule has 0 aliphatic rings. The van der Waals surface area contributed by atoms with Gasteiger partial charge < -0.3 is 9.64 Å². The summed E-state index contributed by atoms with van der Waals surface area (Å²) in [5.74, 6) is 1.28. The van der Waals surface area contributed by atoms with Crippen LogP contribution >= 0.6 is 11.6 Å². The van der Waals surface area contributed by atoms with Crippen molar-refractivity contribution in [1.82, 2.24) is 9.55 Å². The number of anilines is 1. The van der Waals surface area contributed by atoms with E-state index in [4.69, 9.17) is 21.3 Å². The van der Waals surface area contributed by atoms with E-state index in [1.807, 2.05) is 26.0 Å². The normalized spacial score (nSPS) is 10.9. The van der Waals surface area contributed by atoms with Crippen LogP contribution in [0, 0.1) is 0 Å². The minimum Gasteiger partial charge on any atom is -0.497 e. The lowest BCUT2D eigenvalue weighted by atomic mass is 10.2. The average molecular weight is 358 g/mol. The van der Waals surface area contributed by atoms with Gasteiger partial charge >= 0.3 is 0 Å². The Kier molecular flexibility index (Phi) is 4.95. The van der Waals surface area contributed by atoms with E-state index in [1.54, 1.807) is 42.0 Å². The fourth-order valence-electron chi connectivity index (χ4n) is 2.82. The molecule has 0 saturated heterocycles. The standard InChI is InChI=1S/C19H20ClN3O2/c1-4-22(5-2)19-21-17-12-15(25-3)10-11-16(17)18(24)23(19)14-8-6-13(20)7-9-14/h6-12H,4-5H2,1-3H3. The van der Waals surface area contributed by atoms with E-state index in [2.05, 4.69) is 4.90 Å². The molecular formula is C19H20ClN3O2. The Morgan fingerprint density at radius 1 is 1.12 bits per heavy atom. The Labute approximate surface area is 151 Å². The zero-order valence-electron chi connectivity index (χ0n) is 14.5. The Morgan fingerprint density at radius 2 is 1.80 bits per heavy atom. The maximum Gasteiger partial charge on any atom is 0.267 e. The Hall–Kier alpha value is -2.53. The molecule has 0 amide bonds. The molecule has 3 rings (SSSR count). The van der Waals surface area contributed by atoms with Gasteiger partial charge in [0, 0.05) is 24.2 Å². The monoisotopic (exact) mass is 357 g/mol. The van der Waals surface area contributed by atoms with Crippen molar-refractivity contribution in [2.75, 3.05) is 25.1 Å². The van der Waals surface area contributed by atoms with E-state index in [1.165, 1.54) is 0 Å². The zero-order chi connectivity index (χ0) is 18.0. The van der Waals surface area contributed by atoms with Gasteiger partial charge in [-0.2, -0.15) is 0 Å². The van der Waals surface area contributed by atoms with Crippen molar-refractivity contribution in [3.8, 4) is 11.4 Å². The van der Waals surface area contributed by atoms with Gasteiger partial charge in [-0.25, -0.2) is 9.55 Å². The summed E-state index contributed by atoms with van der Waals surface area (Å²) in [6.45, 7) is 5.56. The van der Waals surface area contributed by atoms with Crippen LogP contribution in [0.3, 0.4) is 0 Å². The van der Waals surface area contributed by atoms with Crippen LogP contribution < -0.4 is 15.2 Å². The van der Waals surface area contributed by atoms with E-state index in [-0.39, 0.29) is 5.56 Å². The molecule has 5 nitrogen and oxygen atoms in total. The fraction of sp³-hybridized carbons (Fsp3) is 0.263. The number of methoxy groups -OCH3 is 1. The summed E-state index contributed by atoms with van der Waals surface area (Å²) in [4.78, 5) is 20.0. The molecule has 0 aliphatic heterocycles. The Bertz CT molecular complexity index is 947. The van der Waals surface area contributed by atoms with Gasteiger partial charge in [0.25, 0.3) is 5.56 Å². The van der Waals surface area contributed by atoms with Gasteiger partial charge in [-0.3, -0.25) is 4.79 Å². The fourth-order valence-corrected chi connectivity index (χ4v) is 2.95. The molecule has 130 valence electrons. The predicted molar refractivity (Wildman–Crippen MR) is 102 cm³/mol. The maximum absolute atomic E-state index is 13.2. The minimum absolute atomic E-state index is 0.114. The number of hydrogen-bond acceptors (Lipinski definition) is 4. The van der Waals surface area contributed by atoms with E-state index in [9.17, 15) is 4.79 Å². The Balaban J connectivity index is 2.35. The number of rotatable bonds is 5. The van der Waals surface area contributed by atoms with Crippen molar-refractivity contribution in [3.05, 3.63) is 57.8 Å². The number of ether oxygens (including phenoxy) is 1. The number of aromatic nitrogens is 2. The summed E-state index contributed by atoms with van der Waals surface area (Å²) in [5.41, 5.74) is 1.25. The largest absolute Gasteiger partial charge is 0.497 e. The molecule has 0 saturated carbocycles. The smallest absolute Gasteiger partial charge is 0.267 e. The van der Waals surface area contributed by atoms with Gasteiger partial charge in [0.1, 0.15) is 5.75 Å². The lowest BCUT2D eigenvalue weighted by Gasteiger charge is -2.24. The molecule has 0 fully saturated rings. The van der Waals surface area contributed by atoms with Crippen LogP contribution in [-0.2, 0) is 0 Å². The van der Waals surface area contributed by atoms with Crippen LogP contribution in [0.15, 0.2) is 47.3 Å². The molecule has 0 N–H and O–H groups in total. The van der Waals surface area contributed by atoms with Crippen LogP contribution in [0.2, 0.25) is 5.02 Å². The van der Waals surface area contributed by atoms with Gasteiger partial charge in [0.15, 0.2) is 0 Å². The van der Waals surface area contributed by atoms with E-state index in [0.717, 1.165) is 18.8 Å². The molecule has 0 atom stereocenters. The topological polar surface area (TPSA) is 47.4 Å². The quantitative estimate of drug-likeness (QED) is 0.695. The number of fused-ring (bicyclic) bond motifs is 1. The second-order valence-corrected chi connectivity index (χ2v) is 6.02. The van der Waals surface area contributed by atoms with E-state index in [0.29, 0.717) is 27.6 Å². The SMILES string of the molecule is CCN(CC)c1nc2cc(OC)ccc2c(=O)n1-c1ccc(Cl)cc1. The van der Waals surface area contributed by atoms with Crippen LogP contribution in [0.5, 0.6) is 5.75 Å². The molecule has 1 heterocycles. The molecule has 0 unspecified atom stereocenters. The molecule has 25 heavy (non-hydrogen) atoms. The summed E-state index contributed by atoms with van der Waals surface area (Å²) in [7, 11) is 1.60. The van der Waals surface area contributed by atoms with Gasteiger partial charge in [-0.1, -0.05) is 11.6 Å². The molecular weight excluding hydrogens is 338 g/mol. The van der Waals surface area contributed by atoms with Gasteiger partial charge in [0.05, 0.1) is 23.7 Å². The molecule has 0 spiro atoms. The van der Waals surface area contributed by atoms with Crippen molar-refractivity contribution in [3.63, 3.8) is 0 Å². The molecule has 1 aromatic heterocycles. The zero-order valence-corrected chi connectivity index (χ0v) is 15.2. The van der Waals surface area contributed by atoms with Crippen LogP contribution in [0.1, 0.15) is 13.8 Å². The van der Waals surface area contributed by atoms with Crippen molar-refractivity contribution < 1.29 is 4.74 Å². The van der Waals surface area contributed by atoms with Crippen molar-refractivity contribution in [1.29, 1.82) is 0 Å². The summed E-state index contributed by atoms with van der Waals surface area (Å²) >= 11 is 6.00. The maximum atomic E-state index is 13.2. The molecule has 0 aliphatic carbocycles. The highest BCUT2D eigenvalue weighted by Gasteiger charge is 2.17. The van der Waals surface area contributed by atoms with Crippen molar-refractivity contribution in [2.24, 2.45) is 0 Å². The van der Waals surface area contributed by atoms with Crippen LogP contribution in [0.25, 0.3) is 16.6 Å². The third-order valence-electron chi connectivity index (χ3n) is 4.19. The number of benzene rings is 2. The molecule has 0 bridgehead atoms. The van der Waals surface area contributed by atoms with Crippen molar-refractivity contribution in [2.45, 2.75) is 13.8 Å². The average Bonchev–Trinajstić information content (AvgIpc) is 2.63. The molecule has 2 aromatic carbocycles. The lowest BCUT2D eigenvalue weighted by molar-refractivity contribution is 0.415. The van der Waals surface area contributed by atoms with Gasteiger partial charge in [-0.05, 0) is 50.2 Å². The van der Waals surface area contributed by atoms with Crippen LogP contribution in [-0.4, -0.2) is 29.8 Å².